The highest BCUT2D eigenvalue weighted by molar-refractivity contribution is 5.75. The molecule has 0 fully saturated rings. The minimum Gasteiger partial charge on any atom is -0.508 e. The zero-order valence-corrected chi connectivity index (χ0v) is 53.6. The average molecular weight is 1440 g/mol. The van der Waals surface area contributed by atoms with Gasteiger partial charge in [-0.3, -0.25) is 0 Å². The minimum atomic E-state index is -2.30. The van der Waals surface area contributed by atoms with Gasteiger partial charge in [-0.15, -0.1) is 0 Å². The Morgan fingerprint density at radius 3 is 0.895 bits per heavy atom. The van der Waals surface area contributed by atoms with Crippen molar-refractivity contribution in [2.24, 2.45) is 0 Å². The molecule has 15 rings (SSSR count). The van der Waals surface area contributed by atoms with Gasteiger partial charge in [-0.25, -0.2) is 0 Å². The van der Waals surface area contributed by atoms with Gasteiger partial charge in [-0.05, 0) is 88.5 Å². The number of aromatic hydroxyl groups is 20. The summed E-state index contributed by atoms with van der Waals surface area (Å²) in [5.41, 5.74) is -5.82. The van der Waals surface area contributed by atoms with Gasteiger partial charge in [-0.2, -0.15) is 0 Å². The molecular weight excluding hydrogens is 1380 g/mol. The molecule has 0 spiro atoms. The Morgan fingerprint density at radius 1 is 0.229 bits per heavy atom. The molecule has 30 nitrogen and oxygen atoms in total. The summed E-state index contributed by atoms with van der Waals surface area (Å²) in [7, 11) is 0. The molecule has 0 radical (unpaired) electrons. The maximum absolute atomic E-state index is 13.4. The van der Waals surface area contributed by atoms with Gasteiger partial charge in [0.15, 0.2) is 81.9 Å². The second kappa shape index (κ2) is 24.6. The molecule has 30 heteroatoms. The lowest BCUT2D eigenvalue weighted by Crippen LogP contribution is -2.40. The van der Waals surface area contributed by atoms with Crippen LogP contribution >= 0.6 is 0 Å². The van der Waals surface area contributed by atoms with Crippen molar-refractivity contribution in [3.05, 3.63) is 205 Å². The highest BCUT2D eigenvalue weighted by Gasteiger charge is 2.55. The average Bonchev–Trinajstić information content (AvgIpc) is 0.707. The number of hydrogen-bond donors (Lipinski definition) is 25. The third-order valence-corrected chi connectivity index (χ3v) is 20.2. The van der Waals surface area contributed by atoms with Crippen molar-refractivity contribution in [1.82, 2.24) is 0 Å². The predicted octanol–water partition coefficient (Wildman–Crippen LogP) is 7.34. The molecule has 0 saturated carbocycles. The van der Waals surface area contributed by atoms with Gasteiger partial charge >= 0.3 is 0 Å². The quantitative estimate of drug-likeness (QED) is 0.0628. The first kappa shape index (κ1) is 67.8. The minimum absolute atomic E-state index is 0.0555. The van der Waals surface area contributed by atoms with Crippen LogP contribution in [0.15, 0.2) is 127 Å². The Hall–Kier alpha value is -13.0. The number of aliphatic hydroxyl groups is 5. The fourth-order valence-corrected chi connectivity index (χ4v) is 15.4. The van der Waals surface area contributed by atoms with E-state index in [0.29, 0.717) is 12.1 Å². The summed E-state index contributed by atoms with van der Waals surface area (Å²) in [4.78, 5) is 0. The molecule has 105 heavy (non-hydrogen) atoms. The molecule has 0 aliphatic carbocycles. The Labute approximate surface area is 589 Å². The maximum atomic E-state index is 13.4. The smallest absolute Gasteiger partial charge is 0.157 e. The molecular formula is C75H62O30. The van der Waals surface area contributed by atoms with Gasteiger partial charge < -0.3 is 151 Å². The molecule has 0 aromatic heterocycles. The first-order chi connectivity index (χ1) is 49.9. The van der Waals surface area contributed by atoms with Crippen LogP contribution in [0.1, 0.15) is 132 Å². The Balaban J connectivity index is 0.979. The number of rotatable bonds is 9. The summed E-state index contributed by atoms with van der Waals surface area (Å²) in [6.07, 6.45) is -19.6. The third-order valence-electron chi connectivity index (χ3n) is 20.2. The van der Waals surface area contributed by atoms with Crippen LogP contribution in [0, 0.1) is 0 Å². The summed E-state index contributed by atoms with van der Waals surface area (Å²) in [6.45, 7) is 0. The van der Waals surface area contributed by atoms with Crippen molar-refractivity contribution in [2.75, 3.05) is 0 Å². The predicted molar refractivity (Wildman–Crippen MR) is 356 cm³/mol. The lowest BCUT2D eigenvalue weighted by Gasteiger charge is -2.44. The topological polar surface area (TPSA) is 552 Å². The molecule has 10 aromatic rings. The van der Waals surface area contributed by atoms with E-state index in [1.165, 1.54) is 18.2 Å². The molecule has 0 saturated heterocycles. The largest absolute Gasteiger partial charge is 0.508 e. The van der Waals surface area contributed by atoms with Crippen LogP contribution in [0.4, 0.5) is 0 Å². The van der Waals surface area contributed by atoms with E-state index in [9.17, 15) is 128 Å². The van der Waals surface area contributed by atoms with E-state index in [0.717, 1.165) is 97.1 Å². The van der Waals surface area contributed by atoms with E-state index < -0.39 is 268 Å². The molecule has 0 amide bonds. The molecule has 14 atom stereocenters. The second-order valence-corrected chi connectivity index (χ2v) is 26.3. The first-order valence-corrected chi connectivity index (χ1v) is 32.1. The summed E-state index contributed by atoms with van der Waals surface area (Å²) in [5, 5.41) is 294. The molecule has 5 aliphatic heterocycles. The van der Waals surface area contributed by atoms with Crippen molar-refractivity contribution in [2.45, 2.75) is 91.1 Å². The van der Waals surface area contributed by atoms with Crippen LogP contribution in [-0.4, -0.2) is 158 Å². The zero-order valence-electron chi connectivity index (χ0n) is 53.6. The Bertz CT molecular complexity index is 5270. The van der Waals surface area contributed by atoms with E-state index in [1.807, 2.05) is 0 Å². The normalized spacial score (nSPS) is 24.2. The van der Waals surface area contributed by atoms with Crippen LogP contribution in [0.5, 0.6) is 144 Å². The van der Waals surface area contributed by atoms with Crippen LogP contribution in [-0.2, 0) is 6.42 Å². The fraction of sp³-hybridized carbons (Fsp3) is 0.200. The number of ether oxygens (including phenoxy) is 5. The maximum Gasteiger partial charge on any atom is 0.157 e. The number of fused-ring (bicyclic) bond motifs is 5. The molecule has 25 N–H and O–H groups in total. The van der Waals surface area contributed by atoms with Gasteiger partial charge in [-0.1, -0.05) is 30.3 Å². The van der Waals surface area contributed by atoms with Crippen LogP contribution < -0.4 is 23.7 Å². The number of aliphatic hydroxyl groups excluding tert-OH is 5. The lowest BCUT2D eigenvalue weighted by atomic mass is 9.71. The van der Waals surface area contributed by atoms with Crippen molar-refractivity contribution in [3.8, 4) is 144 Å². The van der Waals surface area contributed by atoms with E-state index in [-0.39, 0.29) is 44.9 Å². The van der Waals surface area contributed by atoms with E-state index >= 15 is 0 Å². The third kappa shape index (κ3) is 10.7. The molecule has 14 unspecified atom stereocenters. The molecule has 5 heterocycles. The SMILES string of the molecule is Oc1cc(O)c2c(c1)OC(c1ccc(O)c(O)c1)C(O)C2c1c(O)cc2c(c1O)C(c1c(O)cc(O)c3c1OC(c1ccc(O)c(O)c1)C(O)C3c1c(O)cc(O)c3c1OC(c1ccc(O)c(O)c1)C(O)C3c1c(O)cc3c(c1O)CC(O)C(c1ccc(O)c(O)c1)O3)C(O)C(c1ccc(O)c(O)c1)O2. The number of phenols is 20. The Morgan fingerprint density at radius 2 is 0.514 bits per heavy atom. The van der Waals surface area contributed by atoms with E-state index in [1.54, 1.807) is 0 Å². The second-order valence-electron chi connectivity index (χ2n) is 26.3. The summed E-state index contributed by atoms with van der Waals surface area (Å²) in [5.74, 6) is -27.1. The summed E-state index contributed by atoms with van der Waals surface area (Å²) in [6, 6.07) is 21.2. The van der Waals surface area contributed by atoms with Gasteiger partial charge in [0.05, 0.1) is 29.8 Å². The number of phenolic OH excluding ortho intramolecular Hbond substituents is 20. The van der Waals surface area contributed by atoms with Gasteiger partial charge in [0.1, 0.15) is 117 Å². The van der Waals surface area contributed by atoms with Crippen molar-refractivity contribution in [3.63, 3.8) is 0 Å². The standard InChI is InChI=1S/C75H62O30/c76-28-16-40(87)51-49(17-28)102-70(24-2-7-31(78)36(83)12-24)65(97)59(51)53-46(93)22-50-58(64(53)96)62(68(100)71(103-50)25-3-8-32(79)37(84)13-25)57-44(91)20-43(90)56-61(67(99)73(105-75(56)57)27-5-10-34(81)39(86)15-27)55-42(89)19-41(88)54-60(66(98)72(104-74(54)55)26-4-9-33(80)38(85)14-26)52-45(92)21-48-29(63(52)95)18-47(94)69(101-48)23-1-6-30(77)35(82)11-23/h1-17,19-22,47,59-62,65-73,76-100H,18H2. The van der Waals surface area contributed by atoms with Gasteiger partial charge in [0.2, 0.25) is 0 Å². The molecule has 542 valence electrons. The zero-order chi connectivity index (χ0) is 74.7. The first-order valence-electron chi connectivity index (χ1n) is 32.1. The summed E-state index contributed by atoms with van der Waals surface area (Å²) < 4.78 is 32.1. The van der Waals surface area contributed by atoms with Crippen LogP contribution in [0.25, 0.3) is 0 Å². The highest BCUT2D eigenvalue weighted by atomic mass is 16.5. The molecule has 5 aliphatic rings. The van der Waals surface area contributed by atoms with Crippen molar-refractivity contribution >= 4 is 0 Å². The lowest BCUT2D eigenvalue weighted by molar-refractivity contribution is -0.00791. The van der Waals surface area contributed by atoms with E-state index in [2.05, 4.69) is 0 Å². The van der Waals surface area contributed by atoms with Crippen molar-refractivity contribution in [1.29, 1.82) is 0 Å². The molecule has 0 bridgehead atoms. The number of benzene rings is 10. The molecule has 10 aromatic carbocycles. The van der Waals surface area contributed by atoms with Crippen molar-refractivity contribution < 1.29 is 151 Å². The van der Waals surface area contributed by atoms with Gasteiger partial charge in [0.25, 0.3) is 0 Å². The summed E-state index contributed by atoms with van der Waals surface area (Å²) >= 11 is 0. The van der Waals surface area contributed by atoms with E-state index in [4.69, 9.17) is 23.7 Å². The Kier molecular flexibility index (Phi) is 15.9. The fourth-order valence-electron chi connectivity index (χ4n) is 15.4. The monoisotopic (exact) mass is 1440 g/mol. The highest BCUT2D eigenvalue weighted by Crippen LogP contribution is 2.67. The van der Waals surface area contributed by atoms with Gasteiger partial charge in [0, 0.05) is 92.9 Å². The van der Waals surface area contributed by atoms with Crippen LogP contribution in [0.2, 0.25) is 0 Å². The number of hydrogen-bond acceptors (Lipinski definition) is 30. The van der Waals surface area contributed by atoms with Crippen LogP contribution in [0.3, 0.4) is 0 Å².